The second-order valence-electron chi connectivity index (χ2n) is 8.36. The third kappa shape index (κ3) is 7.29. The molecule has 0 saturated carbocycles. The molecule has 0 saturated heterocycles. The average molecular weight is 450 g/mol. The molecule has 2 aromatic carbocycles. The van der Waals surface area contributed by atoms with E-state index in [1.54, 1.807) is 58.0 Å². The van der Waals surface area contributed by atoms with Crippen molar-refractivity contribution in [2.24, 2.45) is 0 Å². The SMILES string of the molecule is CC(C)(C)OC(=O)NCC(C)(CC(=O)O)c1cccc(OS(=O)(=O)c2ccccc2)c1. The Kier molecular flexibility index (Phi) is 7.32. The number of benzene rings is 2. The van der Waals surface area contributed by atoms with Crippen LogP contribution in [0.4, 0.5) is 4.79 Å². The molecule has 0 radical (unpaired) electrons. The van der Waals surface area contributed by atoms with Gasteiger partial charge in [0.1, 0.15) is 16.2 Å². The number of carbonyl (C=O) groups is 2. The molecule has 9 heteroatoms. The summed E-state index contributed by atoms with van der Waals surface area (Å²) in [4.78, 5) is 23.5. The minimum absolute atomic E-state index is 0.000271. The number of hydrogen-bond acceptors (Lipinski definition) is 6. The summed E-state index contributed by atoms with van der Waals surface area (Å²) in [6.45, 7) is 6.78. The first-order chi connectivity index (χ1) is 14.3. The molecule has 0 aliphatic heterocycles. The smallest absolute Gasteiger partial charge is 0.407 e. The van der Waals surface area contributed by atoms with Crippen LogP contribution in [0.1, 0.15) is 39.7 Å². The largest absolute Gasteiger partial charge is 0.481 e. The van der Waals surface area contributed by atoms with Crippen molar-refractivity contribution in [3.8, 4) is 5.75 Å². The maximum Gasteiger partial charge on any atom is 0.407 e. The second-order valence-corrected chi connectivity index (χ2v) is 9.91. The van der Waals surface area contributed by atoms with Gasteiger partial charge in [-0.05, 0) is 50.6 Å². The van der Waals surface area contributed by atoms with Crippen molar-refractivity contribution in [1.82, 2.24) is 5.32 Å². The predicted octanol–water partition coefficient (Wildman–Crippen LogP) is 3.71. The van der Waals surface area contributed by atoms with Crippen molar-refractivity contribution in [3.63, 3.8) is 0 Å². The number of alkyl carbamates (subject to hydrolysis) is 1. The number of amides is 1. The van der Waals surface area contributed by atoms with Crippen LogP contribution in [0.2, 0.25) is 0 Å². The number of carbonyl (C=O) groups excluding carboxylic acids is 1. The van der Waals surface area contributed by atoms with Crippen LogP contribution >= 0.6 is 0 Å². The van der Waals surface area contributed by atoms with E-state index in [-0.39, 0.29) is 23.6 Å². The molecule has 0 heterocycles. The molecule has 2 N–H and O–H groups in total. The number of aliphatic carboxylic acids is 1. The Morgan fingerprint density at radius 1 is 1.00 bits per heavy atom. The van der Waals surface area contributed by atoms with Crippen LogP contribution in [0, 0.1) is 0 Å². The van der Waals surface area contributed by atoms with Gasteiger partial charge >= 0.3 is 22.2 Å². The third-order valence-corrected chi connectivity index (χ3v) is 5.59. The summed E-state index contributed by atoms with van der Waals surface area (Å²) in [6.07, 6.45) is -0.985. The van der Waals surface area contributed by atoms with Crippen LogP contribution in [-0.4, -0.2) is 37.7 Å². The van der Waals surface area contributed by atoms with Crippen molar-refractivity contribution in [2.75, 3.05) is 6.54 Å². The quantitative estimate of drug-likeness (QED) is 0.590. The summed E-state index contributed by atoms with van der Waals surface area (Å²) < 4.78 is 35.4. The van der Waals surface area contributed by atoms with Crippen molar-refractivity contribution < 1.29 is 32.0 Å². The first-order valence-electron chi connectivity index (χ1n) is 9.59. The molecule has 1 unspecified atom stereocenters. The molecule has 2 aromatic rings. The van der Waals surface area contributed by atoms with Crippen LogP contribution < -0.4 is 9.50 Å². The van der Waals surface area contributed by atoms with Gasteiger partial charge in [0.05, 0.1) is 6.42 Å². The molecule has 2 rings (SSSR count). The van der Waals surface area contributed by atoms with Gasteiger partial charge in [-0.2, -0.15) is 8.42 Å². The van der Waals surface area contributed by atoms with Crippen molar-refractivity contribution >= 4 is 22.2 Å². The van der Waals surface area contributed by atoms with E-state index in [0.29, 0.717) is 5.56 Å². The Hall–Kier alpha value is -3.07. The summed E-state index contributed by atoms with van der Waals surface area (Å²) in [5.41, 5.74) is -1.25. The standard InChI is InChI=1S/C22H27NO7S/c1-21(2,3)29-20(26)23-15-22(4,14-19(24)25)16-9-8-10-17(13-16)30-31(27,28)18-11-6-5-7-12-18/h5-13H,14-15H2,1-4H3,(H,23,26)(H,24,25). The van der Waals surface area contributed by atoms with Gasteiger partial charge in [-0.1, -0.05) is 37.3 Å². The fraction of sp³-hybridized carbons (Fsp3) is 0.364. The van der Waals surface area contributed by atoms with Gasteiger partial charge in [-0.3, -0.25) is 4.79 Å². The van der Waals surface area contributed by atoms with E-state index in [2.05, 4.69) is 5.32 Å². The maximum atomic E-state index is 12.5. The Morgan fingerprint density at radius 2 is 1.65 bits per heavy atom. The summed E-state index contributed by atoms with van der Waals surface area (Å²) in [5, 5.41) is 12.0. The molecule has 168 valence electrons. The zero-order chi connectivity index (χ0) is 23.3. The molecule has 0 fully saturated rings. The van der Waals surface area contributed by atoms with Crippen molar-refractivity contribution in [1.29, 1.82) is 0 Å². The van der Waals surface area contributed by atoms with Gasteiger partial charge in [0.15, 0.2) is 0 Å². The van der Waals surface area contributed by atoms with Crippen LogP contribution in [0.3, 0.4) is 0 Å². The lowest BCUT2D eigenvalue weighted by atomic mass is 9.79. The number of ether oxygens (including phenoxy) is 1. The van der Waals surface area contributed by atoms with E-state index >= 15 is 0 Å². The normalized spacial score (nSPS) is 13.7. The Bertz CT molecular complexity index is 1030. The van der Waals surface area contributed by atoms with Gasteiger partial charge in [0, 0.05) is 12.0 Å². The Balaban J connectivity index is 2.27. The van der Waals surface area contributed by atoms with Crippen LogP contribution in [0.15, 0.2) is 59.5 Å². The highest BCUT2D eigenvalue weighted by Gasteiger charge is 2.32. The number of nitrogens with one attached hydrogen (secondary N) is 1. The number of rotatable bonds is 8. The fourth-order valence-electron chi connectivity index (χ4n) is 2.87. The second kappa shape index (κ2) is 9.38. The van der Waals surface area contributed by atoms with Gasteiger partial charge < -0.3 is 19.3 Å². The monoisotopic (exact) mass is 449 g/mol. The molecule has 1 amide bonds. The van der Waals surface area contributed by atoms with Gasteiger partial charge in [-0.15, -0.1) is 0 Å². The molecule has 0 aliphatic rings. The predicted molar refractivity (Wildman–Crippen MR) is 115 cm³/mol. The van der Waals surface area contributed by atoms with Crippen LogP contribution in [0.5, 0.6) is 5.75 Å². The molecule has 31 heavy (non-hydrogen) atoms. The van der Waals surface area contributed by atoms with Gasteiger partial charge in [-0.25, -0.2) is 4.79 Å². The molecule has 0 bridgehead atoms. The molecular formula is C22H27NO7S. The maximum absolute atomic E-state index is 12.5. The Morgan fingerprint density at radius 3 is 2.23 bits per heavy atom. The van der Waals surface area contributed by atoms with Crippen LogP contribution in [0.25, 0.3) is 0 Å². The molecule has 1 atom stereocenters. The average Bonchev–Trinajstić information content (AvgIpc) is 2.65. The van der Waals surface area contributed by atoms with Gasteiger partial charge in [0.2, 0.25) is 0 Å². The highest BCUT2D eigenvalue weighted by molar-refractivity contribution is 7.87. The Labute approximate surface area is 182 Å². The number of carboxylic acid groups (broad SMARTS) is 1. The number of carboxylic acids is 1. The highest BCUT2D eigenvalue weighted by Crippen LogP contribution is 2.31. The summed E-state index contributed by atoms with van der Waals surface area (Å²) >= 11 is 0. The fourth-order valence-corrected chi connectivity index (χ4v) is 3.81. The van der Waals surface area contributed by atoms with Crippen molar-refractivity contribution in [3.05, 3.63) is 60.2 Å². The first-order valence-corrected chi connectivity index (χ1v) is 11.0. The third-order valence-electron chi connectivity index (χ3n) is 4.33. The van der Waals surface area contributed by atoms with E-state index in [9.17, 15) is 23.1 Å². The lowest BCUT2D eigenvalue weighted by Gasteiger charge is -2.30. The zero-order valence-corrected chi connectivity index (χ0v) is 18.7. The summed E-state index contributed by atoms with van der Waals surface area (Å²) in [7, 11) is -4.05. The molecular weight excluding hydrogens is 422 g/mol. The van der Waals surface area contributed by atoms with E-state index in [4.69, 9.17) is 8.92 Å². The van der Waals surface area contributed by atoms with E-state index in [1.165, 1.54) is 24.3 Å². The summed E-state index contributed by atoms with van der Waals surface area (Å²) in [6, 6.07) is 13.8. The van der Waals surface area contributed by atoms with E-state index < -0.39 is 33.2 Å². The van der Waals surface area contributed by atoms with E-state index in [1.807, 2.05) is 0 Å². The molecule has 0 aromatic heterocycles. The first kappa shape index (κ1) is 24.2. The highest BCUT2D eigenvalue weighted by atomic mass is 32.2. The minimum Gasteiger partial charge on any atom is -0.481 e. The van der Waals surface area contributed by atoms with E-state index in [0.717, 1.165) is 0 Å². The molecule has 8 nitrogen and oxygen atoms in total. The molecule has 0 aliphatic carbocycles. The van der Waals surface area contributed by atoms with Crippen molar-refractivity contribution in [2.45, 2.75) is 50.0 Å². The summed E-state index contributed by atoms with van der Waals surface area (Å²) in [5.74, 6) is -1.04. The zero-order valence-electron chi connectivity index (χ0n) is 17.9. The number of hydrogen-bond donors (Lipinski definition) is 2. The lowest BCUT2D eigenvalue weighted by molar-refractivity contribution is -0.138. The topological polar surface area (TPSA) is 119 Å². The lowest BCUT2D eigenvalue weighted by Crippen LogP contribution is -2.42. The minimum atomic E-state index is -4.05. The van der Waals surface area contributed by atoms with Gasteiger partial charge in [0.25, 0.3) is 0 Å². The van der Waals surface area contributed by atoms with Crippen LogP contribution in [-0.2, 0) is 25.1 Å². The molecule has 0 spiro atoms.